The van der Waals surface area contributed by atoms with Gasteiger partial charge in [-0.15, -0.1) is 0 Å². The second-order valence-corrected chi connectivity index (χ2v) is 4.56. The highest BCUT2D eigenvalue weighted by atomic mass is 16.2. The first-order chi connectivity index (χ1) is 7.47. The number of amides is 1. The number of hydrogen-bond donors (Lipinski definition) is 0. The molecule has 1 aliphatic rings. The molecule has 3 heteroatoms. The number of carbonyl (C=O) groups is 2. The number of fused-ring (bicyclic) bond motifs is 1. The number of rotatable bonds is 1. The Morgan fingerprint density at radius 3 is 2.62 bits per heavy atom. The van der Waals surface area contributed by atoms with Gasteiger partial charge < -0.3 is 4.90 Å². The van der Waals surface area contributed by atoms with Crippen molar-refractivity contribution in [1.82, 2.24) is 0 Å². The zero-order valence-electron chi connectivity index (χ0n) is 9.78. The van der Waals surface area contributed by atoms with E-state index in [1.165, 1.54) is 6.92 Å². The molecule has 1 amide bonds. The van der Waals surface area contributed by atoms with Gasteiger partial charge in [0.2, 0.25) is 5.91 Å². The van der Waals surface area contributed by atoms with Gasteiger partial charge in [0.15, 0.2) is 0 Å². The van der Waals surface area contributed by atoms with E-state index in [1.54, 1.807) is 18.9 Å². The van der Waals surface area contributed by atoms with Gasteiger partial charge in [0.1, 0.15) is 11.2 Å². The molecular weight excluding hydrogens is 202 g/mol. The Kier molecular flexibility index (Phi) is 2.34. The number of nitrogens with zero attached hydrogens (tertiary/aromatic N) is 1. The minimum absolute atomic E-state index is 0.0705. The van der Waals surface area contributed by atoms with Crippen LogP contribution in [0.5, 0.6) is 0 Å². The molecule has 1 atom stereocenters. The highest BCUT2D eigenvalue weighted by Gasteiger charge is 2.44. The van der Waals surface area contributed by atoms with Crippen LogP contribution >= 0.6 is 0 Å². The van der Waals surface area contributed by atoms with Crippen molar-refractivity contribution in [2.24, 2.45) is 5.41 Å². The Morgan fingerprint density at radius 1 is 1.38 bits per heavy atom. The average molecular weight is 217 g/mol. The quantitative estimate of drug-likeness (QED) is 0.673. The SMILES string of the molecule is CC(=O)C1(C)Cc2ccccc2N(C)C1=O. The Morgan fingerprint density at radius 2 is 2.00 bits per heavy atom. The molecule has 16 heavy (non-hydrogen) atoms. The van der Waals surface area contributed by atoms with E-state index in [1.807, 2.05) is 24.3 Å². The predicted octanol–water partition coefficient (Wildman–Crippen LogP) is 1.80. The molecule has 0 saturated carbocycles. The zero-order valence-corrected chi connectivity index (χ0v) is 9.78. The molecule has 0 saturated heterocycles. The smallest absolute Gasteiger partial charge is 0.240 e. The molecule has 1 aromatic carbocycles. The van der Waals surface area contributed by atoms with Crippen molar-refractivity contribution in [3.63, 3.8) is 0 Å². The fourth-order valence-electron chi connectivity index (χ4n) is 2.20. The van der Waals surface area contributed by atoms with Gasteiger partial charge in [0.05, 0.1) is 0 Å². The summed E-state index contributed by atoms with van der Waals surface area (Å²) in [6.07, 6.45) is 0.502. The van der Waals surface area contributed by atoms with Crippen LogP contribution in [0.25, 0.3) is 0 Å². The molecular formula is C13H15NO2. The largest absolute Gasteiger partial charge is 0.314 e. The molecule has 1 aromatic rings. The first kappa shape index (κ1) is 10.9. The number of carbonyl (C=O) groups excluding carboxylic acids is 2. The van der Waals surface area contributed by atoms with E-state index < -0.39 is 5.41 Å². The van der Waals surface area contributed by atoms with Crippen LogP contribution in [0.1, 0.15) is 19.4 Å². The Labute approximate surface area is 95.1 Å². The molecule has 0 fully saturated rings. The summed E-state index contributed by atoms with van der Waals surface area (Å²) in [7, 11) is 1.72. The van der Waals surface area contributed by atoms with Crippen LogP contribution in [0.15, 0.2) is 24.3 Å². The zero-order chi connectivity index (χ0) is 11.9. The van der Waals surface area contributed by atoms with Crippen molar-refractivity contribution >= 4 is 17.4 Å². The molecule has 1 aliphatic heterocycles. The lowest BCUT2D eigenvalue weighted by Gasteiger charge is -2.37. The van der Waals surface area contributed by atoms with Gasteiger partial charge in [-0.05, 0) is 31.9 Å². The van der Waals surface area contributed by atoms with E-state index >= 15 is 0 Å². The van der Waals surface area contributed by atoms with Crippen LogP contribution in [-0.2, 0) is 16.0 Å². The standard InChI is InChI=1S/C13H15NO2/c1-9(15)13(2)8-10-6-4-5-7-11(10)14(3)12(13)16/h4-7H,8H2,1-3H3. The molecule has 1 unspecified atom stereocenters. The lowest BCUT2D eigenvalue weighted by atomic mass is 9.76. The molecule has 84 valence electrons. The van der Waals surface area contributed by atoms with Crippen LogP contribution in [0.4, 0.5) is 5.69 Å². The summed E-state index contributed by atoms with van der Waals surface area (Å²) in [6, 6.07) is 7.72. The number of ketones is 1. The molecule has 0 bridgehead atoms. The molecule has 3 nitrogen and oxygen atoms in total. The highest BCUT2D eigenvalue weighted by Crippen LogP contribution is 2.37. The first-order valence-corrected chi connectivity index (χ1v) is 5.34. The van der Waals surface area contributed by atoms with Crippen LogP contribution in [0.2, 0.25) is 0 Å². The Bertz CT molecular complexity index is 467. The van der Waals surface area contributed by atoms with Gasteiger partial charge in [0.25, 0.3) is 0 Å². The van der Waals surface area contributed by atoms with Crippen molar-refractivity contribution in [1.29, 1.82) is 0 Å². The second-order valence-electron chi connectivity index (χ2n) is 4.56. The number of para-hydroxylation sites is 1. The first-order valence-electron chi connectivity index (χ1n) is 5.34. The lowest BCUT2D eigenvalue weighted by Crippen LogP contribution is -2.49. The van der Waals surface area contributed by atoms with Gasteiger partial charge in [-0.2, -0.15) is 0 Å². The number of benzene rings is 1. The van der Waals surface area contributed by atoms with Crippen LogP contribution in [0, 0.1) is 5.41 Å². The van der Waals surface area contributed by atoms with E-state index in [-0.39, 0.29) is 11.7 Å². The Balaban J connectivity index is 2.55. The average Bonchev–Trinajstić information content (AvgIpc) is 2.26. The van der Waals surface area contributed by atoms with Gasteiger partial charge >= 0.3 is 0 Å². The third-order valence-electron chi connectivity index (χ3n) is 3.45. The van der Waals surface area contributed by atoms with E-state index in [2.05, 4.69) is 0 Å². The van der Waals surface area contributed by atoms with Gasteiger partial charge in [-0.1, -0.05) is 18.2 Å². The van der Waals surface area contributed by atoms with E-state index in [0.717, 1.165) is 11.3 Å². The highest BCUT2D eigenvalue weighted by molar-refractivity contribution is 6.13. The fraction of sp³-hybridized carbons (Fsp3) is 0.385. The minimum atomic E-state index is -0.900. The van der Waals surface area contributed by atoms with E-state index in [0.29, 0.717) is 6.42 Å². The minimum Gasteiger partial charge on any atom is -0.314 e. The van der Waals surface area contributed by atoms with Crippen molar-refractivity contribution < 1.29 is 9.59 Å². The number of hydrogen-bond acceptors (Lipinski definition) is 2. The maximum atomic E-state index is 12.2. The molecule has 0 spiro atoms. The number of anilines is 1. The predicted molar refractivity (Wildman–Crippen MR) is 62.3 cm³/mol. The maximum Gasteiger partial charge on any atom is 0.240 e. The second kappa shape index (κ2) is 3.44. The molecule has 2 rings (SSSR count). The number of Topliss-reactive ketones (excluding diaryl/α,β-unsaturated/α-hetero) is 1. The van der Waals surface area contributed by atoms with E-state index in [9.17, 15) is 9.59 Å². The summed E-state index contributed by atoms with van der Waals surface area (Å²) in [6.45, 7) is 3.21. The summed E-state index contributed by atoms with van der Waals surface area (Å²) in [5.74, 6) is -0.183. The molecule has 0 N–H and O–H groups in total. The molecule has 0 aliphatic carbocycles. The van der Waals surface area contributed by atoms with Gasteiger partial charge in [-0.25, -0.2) is 0 Å². The lowest BCUT2D eigenvalue weighted by molar-refractivity contribution is -0.138. The monoisotopic (exact) mass is 217 g/mol. The van der Waals surface area contributed by atoms with Crippen molar-refractivity contribution in [3.8, 4) is 0 Å². The van der Waals surface area contributed by atoms with Crippen LogP contribution in [0.3, 0.4) is 0 Å². The topological polar surface area (TPSA) is 37.4 Å². The van der Waals surface area contributed by atoms with Gasteiger partial charge in [-0.3, -0.25) is 9.59 Å². The van der Waals surface area contributed by atoms with Crippen LogP contribution in [-0.4, -0.2) is 18.7 Å². The maximum absolute atomic E-state index is 12.2. The molecule has 0 aromatic heterocycles. The van der Waals surface area contributed by atoms with Crippen molar-refractivity contribution in [2.75, 3.05) is 11.9 Å². The third-order valence-corrected chi connectivity index (χ3v) is 3.45. The Hall–Kier alpha value is -1.64. The summed E-state index contributed by atoms with van der Waals surface area (Å²) in [4.78, 5) is 25.4. The summed E-state index contributed by atoms with van der Waals surface area (Å²) < 4.78 is 0. The van der Waals surface area contributed by atoms with Crippen molar-refractivity contribution in [2.45, 2.75) is 20.3 Å². The van der Waals surface area contributed by atoms with Gasteiger partial charge in [0, 0.05) is 12.7 Å². The van der Waals surface area contributed by atoms with Crippen molar-refractivity contribution in [3.05, 3.63) is 29.8 Å². The summed E-state index contributed by atoms with van der Waals surface area (Å²) in [5, 5.41) is 0. The fourth-order valence-corrected chi connectivity index (χ4v) is 2.20. The normalized spacial score (nSPS) is 24.2. The summed E-state index contributed by atoms with van der Waals surface area (Å²) >= 11 is 0. The van der Waals surface area contributed by atoms with Crippen LogP contribution < -0.4 is 4.90 Å². The molecule has 1 heterocycles. The van der Waals surface area contributed by atoms with E-state index in [4.69, 9.17) is 0 Å². The molecule has 0 radical (unpaired) electrons. The summed E-state index contributed by atoms with van der Waals surface area (Å²) in [5.41, 5.74) is 1.07. The third kappa shape index (κ3) is 1.35.